The van der Waals surface area contributed by atoms with Gasteiger partial charge in [0.05, 0.1) is 5.25 Å². The fourth-order valence-electron chi connectivity index (χ4n) is 2.90. The predicted molar refractivity (Wildman–Crippen MR) is 85.8 cm³/mol. The molecular formula is C17H23F2NOS. The molecule has 2 rings (SSSR count). The van der Waals surface area contributed by atoms with Gasteiger partial charge in [0, 0.05) is 17.0 Å². The van der Waals surface area contributed by atoms with Crippen LogP contribution < -0.4 is 5.32 Å². The summed E-state index contributed by atoms with van der Waals surface area (Å²) in [6, 6.07) is 3.63. The zero-order valence-corrected chi connectivity index (χ0v) is 14.1. The molecule has 0 aromatic heterocycles. The molecule has 0 unspecified atom stereocenters. The maximum absolute atomic E-state index is 13.7. The minimum Gasteiger partial charge on any atom is -0.352 e. The minimum atomic E-state index is -0.621. The first-order chi connectivity index (χ1) is 10.4. The highest BCUT2D eigenvalue weighted by molar-refractivity contribution is 8.00. The van der Waals surface area contributed by atoms with Gasteiger partial charge in [0.2, 0.25) is 5.91 Å². The van der Waals surface area contributed by atoms with Gasteiger partial charge in [-0.25, -0.2) is 8.78 Å². The van der Waals surface area contributed by atoms with Gasteiger partial charge in [-0.15, -0.1) is 11.8 Å². The topological polar surface area (TPSA) is 29.1 Å². The molecule has 0 spiro atoms. The number of hydrogen-bond acceptors (Lipinski definition) is 2. The van der Waals surface area contributed by atoms with E-state index >= 15 is 0 Å². The van der Waals surface area contributed by atoms with Gasteiger partial charge in [-0.05, 0) is 37.3 Å². The number of halogens is 2. The molecule has 1 aliphatic rings. The lowest BCUT2D eigenvalue weighted by Crippen LogP contribution is -2.46. The largest absolute Gasteiger partial charge is 0.352 e. The summed E-state index contributed by atoms with van der Waals surface area (Å²) in [4.78, 5) is 12.6. The second-order valence-electron chi connectivity index (χ2n) is 6.22. The van der Waals surface area contributed by atoms with Gasteiger partial charge in [0.15, 0.2) is 0 Å². The number of carbonyl (C=O) groups is 1. The number of carbonyl (C=O) groups excluding carboxylic acids is 1. The Morgan fingerprint density at radius 2 is 2.05 bits per heavy atom. The molecular weight excluding hydrogens is 304 g/mol. The van der Waals surface area contributed by atoms with Crippen molar-refractivity contribution in [2.45, 2.75) is 56.2 Å². The Kier molecular flexibility index (Phi) is 5.84. The van der Waals surface area contributed by atoms with Crippen LogP contribution in [0.15, 0.2) is 23.1 Å². The van der Waals surface area contributed by atoms with Gasteiger partial charge < -0.3 is 5.32 Å². The monoisotopic (exact) mass is 327 g/mol. The standard InChI is InChI=1S/C17H23F2NOS/c1-10-5-4-6-15(11(10)2)20-17(21)12(3)22-16-8-7-13(18)9-14(16)19/h7-12,15H,4-6H2,1-3H3,(H,20,21)/t10-,11-,12-,15+/m1/s1. The van der Waals surface area contributed by atoms with Crippen LogP contribution in [-0.2, 0) is 4.79 Å². The van der Waals surface area contributed by atoms with E-state index in [1.54, 1.807) is 6.92 Å². The van der Waals surface area contributed by atoms with Crippen molar-refractivity contribution in [3.05, 3.63) is 29.8 Å². The number of rotatable bonds is 4. The lowest BCUT2D eigenvalue weighted by molar-refractivity contribution is -0.121. The van der Waals surface area contributed by atoms with E-state index in [0.29, 0.717) is 16.7 Å². The molecule has 0 radical (unpaired) electrons. The lowest BCUT2D eigenvalue weighted by atomic mass is 9.78. The van der Waals surface area contributed by atoms with E-state index in [1.165, 1.54) is 18.6 Å². The minimum absolute atomic E-state index is 0.0836. The lowest BCUT2D eigenvalue weighted by Gasteiger charge is -2.35. The Labute approximate surface area is 135 Å². The Morgan fingerprint density at radius 1 is 1.32 bits per heavy atom. The molecule has 1 amide bonds. The van der Waals surface area contributed by atoms with Gasteiger partial charge in [0.25, 0.3) is 0 Å². The second kappa shape index (κ2) is 7.44. The summed E-state index contributed by atoms with van der Waals surface area (Å²) in [7, 11) is 0. The molecule has 22 heavy (non-hydrogen) atoms. The molecule has 5 heteroatoms. The number of amides is 1. The summed E-state index contributed by atoms with van der Waals surface area (Å²) >= 11 is 1.12. The van der Waals surface area contributed by atoms with Crippen molar-refractivity contribution in [1.82, 2.24) is 5.32 Å². The number of thioether (sulfide) groups is 1. The zero-order valence-electron chi connectivity index (χ0n) is 13.2. The maximum atomic E-state index is 13.7. The van der Waals surface area contributed by atoms with Gasteiger partial charge >= 0.3 is 0 Å². The van der Waals surface area contributed by atoms with Gasteiger partial charge in [-0.2, -0.15) is 0 Å². The molecule has 0 bridgehead atoms. The van der Waals surface area contributed by atoms with E-state index in [2.05, 4.69) is 19.2 Å². The van der Waals surface area contributed by atoms with Crippen LogP contribution >= 0.6 is 11.8 Å². The third-order valence-electron chi connectivity index (χ3n) is 4.60. The third kappa shape index (κ3) is 4.22. The Morgan fingerprint density at radius 3 is 2.73 bits per heavy atom. The summed E-state index contributed by atoms with van der Waals surface area (Å²) < 4.78 is 26.6. The van der Waals surface area contributed by atoms with Crippen LogP contribution in [0.3, 0.4) is 0 Å². The van der Waals surface area contributed by atoms with Gasteiger partial charge in [0.1, 0.15) is 11.6 Å². The van der Waals surface area contributed by atoms with E-state index in [1.807, 2.05) is 0 Å². The van der Waals surface area contributed by atoms with Crippen molar-refractivity contribution >= 4 is 17.7 Å². The molecule has 2 nitrogen and oxygen atoms in total. The van der Waals surface area contributed by atoms with E-state index in [4.69, 9.17) is 0 Å². The average molecular weight is 327 g/mol. The number of hydrogen-bond donors (Lipinski definition) is 1. The molecule has 0 saturated heterocycles. The molecule has 1 saturated carbocycles. The van der Waals surface area contributed by atoms with Crippen LogP contribution in [0.4, 0.5) is 8.78 Å². The van der Waals surface area contributed by atoms with E-state index < -0.39 is 16.9 Å². The predicted octanol–water partition coefficient (Wildman–Crippen LogP) is 4.39. The average Bonchev–Trinajstić information content (AvgIpc) is 2.46. The van der Waals surface area contributed by atoms with E-state index in [0.717, 1.165) is 30.7 Å². The van der Waals surface area contributed by atoms with Crippen LogP contribution in [0.25, 0.3) is 0 Å². The number of nitrogens with one attached hydrogen (secondary N) is 1. The molecule has 0 heterocycles. The van der Waals surface area contributed by atoms with Gasteiger partial charge in [-0.1, -0.05) is 26.7 Å². The maximum Gasteiger partial charge on any atom is 0.233 e. The molecule has 122 valence electrons. The van der Waals surface area contributed by atoms with E-state index in [9.17, 15) is 13.6 Å². The zero-order chi connectivity index (χ0) is 16.3. The van der Waals surface area contributed by atoms with Crippen LogP contribution in [0.5, 0.6) is 0 Å². The first-order valence-corrected chi connectivity index (χ1v) is 8.68. The molecule has 1 aliphatic carbocycles. The van der Waals surface area contributed by atoms with E-state index in [-0.39, 0.29) is 11.9 Å². The molecule has 1 aromatic carbocycles. The quantitative estimate of drug-likeness (QED) is 0.831. The van der Waals surface area contributed by atoms with Crippen molar-refractivity contribution in [2.75, 3.05) is 0 Å². The summed E-state index contributed by atoms with van der Waals surface area (Å²) in [6.07, 6.45) is 3.34. The van der Waals surface area contributed by atoms with Crippen molar-refractivity contribution in [2.24, 2.45) is 11.8 Å². The summed E-state index contributed by atoms with van der Waals surface area (Å²) in [5.74, 6) is -0.248. The van der Waals surface area contributed by atoms with Crippen molar-refractivity contribution in [1.29, 1.82) is 0 Å². The van der Waals surface area contributed by atoms with Gasteiger partial charge in [-0.3, -0.25) is 4.79 Å². The first kappa shape index (κ1) is 17.3. The third-order valence-corrected chi connectivity index (χ3v) is 5.75. The molecule has 1 N–H and O–H groups in total. The molecule has 0 aliphatic heterocycles. The summed E-state index contributed by atoms with van der Waals surface area (Å²) in [6.45, 7) is 6.14. The summed E-state index contributed by atoms with van der Waals surface area (Å²) in [5.41, 5.74) is 0. The SMILES string of the molecule is C[C@@H]1[C@H](C)CCC[C@@H]1NC(=O)[C@@H](C)Sc1ccc(F)cc1F. The van der Waals surface area contributed by atoms with Crippen molar-refractivity contribution < 1.29 is 13.6 Å². The fourth-order valence-corrected chi connectivity index (χ4v) is 3.77. The van der Waals surface area contributed by atoms with Crippen LogP contribution in [-0.4, -0.2) is 17.2 Å². The smallest absolute Gasteiger partial charge is 0.233 e. The van der Waals surface area contributed by atoms with Crippen LogP contribution in [0.1, 0.15) is 40.0 Å². The summed E-state index contributed by atoms with van der Waals surface area (Å²) in [5, 5.41) is 2.68. The fraction of sp³-hybridized carbons (Fsp3) is 0.588. The highest BCUT2D eigenvalue weighted by Crippen LogP contribution is 2.31. The van der Waals surface area contributed by atoms with Crippen LogP contribution in [0.2, 0.25) is 0 Å². The molecule has 4 atom stereocenters. The Hall–Kier alpha value is -1.10. The Bertz CT molecular complexity index is 537. The van der Waals surface area contributed by atoms with Crippen molar-refractivity contribution in [3.63, 3.8) is 0 Å². The molecule has 1 aromatic rings. The normalized spacial score (nSPS) is 26.5. The highest BCUT2D eigenvalue weighted by Gasteiger charge is 2.29. The van der Waals surface area contributed by atoms with Crippen molar-refractivity contribution in [3.8, 4) is 0 Å². The second-order valence-corrected chi connectivity index (χ2v) is 7.60. The number of benzene rings is 1. The highest BCUT2D eigenvalue weighted by atomic mass is 32.2. The first-order valence-electron chi connectivity index (χ1n) is 7.80. The molecule has 1 fully saturated rings. The van der Waals surface area contributed by atoms with Crippen LogP contribution in [0, 0.1) is 23.5 Å². The Balaban J connectivity index is 1.94.